The third kappa shape index (κ3) is 1.89. The molecule has 0 aromatic heterocycles. The van der Waals surface area contributed by atoms with E-state index < -0.39 is 0 Å². The summed E-state index contributed by atoms with van der Waals surface area (Å²) in [7, 11) is 1.77. The van der Waals surface area contributed by atoms with Crippen molar-refractivity contribution in [2.45, 2.75) is 50.9 Å². The van der Waals surface area contributed by atoms with Crippen LogP contribution >= 0.6 is 0 Å². The lowest BCUT2D eigenvalue weighted by molar-refractivity contribution is 0.0831. The lowest BCUT2D eigenvalue weighted by Gasteiger charge is -2.49. The molecule has 0 heterocycles. The first kappa shape index (κ1) is 13.4. The van der Waals surface area contributed by atoms with E-state index in [0.29, 0.717) is 5.41 Å². The molecule has 4 rings (SSSR count). The largest absolute Gasteiger partial charge is 0.497 e. The van der Waals surface area contributed by atoms with E-state index >= 15 is 0 Å². The van der Waals surface area contributed by atoms with E-state index in [4.69, 9.17) is 4.74 Å². The number of hydrogen-bond acceptors (Lipinski definition) is 1. The summed E-state index contributed by atoms with van der Waals surface area (Å²) in [6, 6.07) is 6.78. The first-order valence-electron chi connectivity index (χ1n) is 8.58. The van der Waals surface area contributed by atoms with Gasteiger partial charge in [0.2, 0.25) is 0 Å². The minimum Gasteiger partial charge on any atom is -0.497 e. The molecule has 3 aliphatic carbocycles. The van der Waals surface area contributed by atoms with Crippen molar-refractivity contribution in [1.29, 1.82) is 0 Å². The van der Waals surface area contributed by atoms with E-state index in [-0.39, 0.29) is 0 Å². The van der Waals surface area contributed by atoms with Crippen LogP contribution in [0.3, 0.4) is 0 Å². The molecule has 0 bridgehead atoms. The zero-order chi connectivity index (χ0) is 14.4. The summed E-state index contributed by atoms with van der Waals surface area (Å²) < 4.78 is 5.41. The van der Waals surface area contributed by atoms with Gasteiger partial charge < -0.3 is 4.74 Å². The zero-order valence-electron chi connectivity index (χ0n) is 13.1. The first-order chi connectivity index (χ1) is 10.3. The quantitative estimate of drug-likeness (QED) is 0.685. The van der Waals surface area contributed by atoms with Crippen molar-refractivity contribution in [1.82, 2.24) is 0 Å². The maximum absolute atomic E-state index is 5.41. The van der Waals surface area contributed by atoms with E-state index in [9.17, 15) is 0 Å². The maximum Gasteiger partial charge on any atom is 0.119 e. The molecule has 0 amide bonds. The molecule has 1 aromatic carbocycles. The van der Waals surface area contributed by atoms with Gasteiger partial charge in [0.05, 0.1) is 7.11 Å². The van der Waals surface area contributed by atoms with Crippen LogP contribution < -0.4 is 4.74 Å². The second-order valence-corrected chi connectivity index (χ2v) is 7.35. The lowest BCUT2D eigenvalue weighted by atomic mass is 9.55. The van der Waals surface area contributed by atoms with E-state index in [2.05, 4.69) is 30.9 Å². The number of ether oxygens (including phenoxy) is 1. The van der Waals surface area contributed by atoms with Crippen molar-refractivity contribution >= 4 is 0 Å². The van der Waals surface area contributed by atoms with Crippen molar-refractivity contribution in [2.24, 2.45) is 17.3 Å². The van der Waals surface area contributed by atoms with Crippen LogP contribution in [0.4, 0.5) is 0 Å². The molecule has 0 N–H and O–H groups in total. The molecule has 0 spiro atoms. The average molecular weight is 282 g/mol. The number of aryl methyl sites for hydroxylation is 1. The van der Waals surface area contributed by atoms with Gasteiger partial charge in [-0.1, -0.05) is 18.6 Å². The molecule has 1 nitrogen and oxygen atoms in total. The standard InChI is InChI=1S/C20H26O/c1-3-20-11-4-5-19(20)18-8-6-14-13-15(21-2)7-9-16(14)17(18)10-12-20/h3,7,9,13,17-19H,1,4-6,8,10-12H2,2H3/t17-,18-,19+,20+/m1/s1. The van der Waals surface area contributed by atoms with Crippen molar-refractivity contribution in [3.05, 3.63) is 42.0 Å². The highest BCUT2D eigenvalue weighted by Gasteiger charge is 2.51. The van der Waals surface area contributed by atoms with Crippen LogP contribution in [0.2, 0.25) is 0 Å². The summed E-state index contributed by atoms with van der Waals surface area (Å²) in [4.78, 5) is 0. The number of fused-ring (bicyclic) bond motifs is 5. The highest BCUT2D eigenvalue weighted by Crippen LogP contribution is 2.61. The highest BCUT2D eigenvalue weighted by molar-refractivity contribution is 5.40. The van der Waals surface area contributed by atoms with Crippen LogP contribution in [0, 0.1) is 17.3 Å². The number of allylic oxidation sites excluding steroid dienone is 1. The Labute approximate surface area is 128 Å². The Morgan fingerprint density at radius 2 is 2.14 bits per heavy atom. The molecule has 0 radical (unpaired) electrons. The Morgan fingerprint density at radius 1 is 1.24 bits per heavy atom. The summed E-state index contributed by atoms with van der Waals surface area (Å²) in [5.74, 6) is 3.59. The number of methoxy groups -OCH3 is 1. The third-order valence-electron chi connectivity index (χ3n) is 6.75. The molecular formula is C20H26O. The van der Waals surface area contributed by atoms with Crippen molar-refractivity contribution < 1.29 is 4.74 Å². The zero-order valence-corrected chi connectivity index (χ0v) is 13.1. The predicted molar refractivity (Wildman–Crippen MR) is 86.8 cm³/mol. The van der Waals surface area contributed by atoms with Gasteiger partial charge in [-0.15, -0.1) is 6.58 Å². The minimum absolute atomic E-state index is 0.477. The molecule has 21 heavy (non-hydrogen) atoms. The van der Waals surface area contributed by atoms with Crippen LogP contribution in [0.5, 0.6) is 5.75 Å². The normalized spacial score (nSPS) is 37.3. The van der Waals surface area contributed by atoms with Crippen LogP contribution in [-0.2, 0) is 6.42 Å². The SMILES string of the molecule is C=C[C@@]12CCC[C@H]1[C@@H]1CCc3cc(OC)ccc3[C@H]1CC2. The van der Waals surface area contributed by atoms with Crippen LogP contribution in [0.15, 0.2) is 30.9 Å². The smallest absolute Gasteiger partial charge is 0.119 e. The predicted octanol–water partition coefficient (Wildman–Crippen LogP) is 5.11. The summed E-state index contributed by atoms with van der Waals surface area (Å²) in [6.45, 7) is 4.21. The lowest BCUT2D eigenvalue weighted by Crippen LogP contribution is -2.40. The number of rotatable bonds is 2. The van der Waals surface area contributed by atoms with Gasteiger partial charge in [-0.2, -0.15) is 0 Å². The highest BCUT2D eigenvalue weighted by atomic mass is 16.5. The van der Waals surface area contributed by atoms with Gasteiger partial charge in [0.25, 0.3) is 0 Å². The summed E-state index contributed by atoms with van der Waals surface area (Å²) in [6.07, 6.45) is 11.9. The van der Waals surface area contributed by atoms with Crippen LogP contribution in [0.25, 0.3) is 0 Å². The number of benzene rings is 1. The van der Waals surface area contributed by atoms with Crippen LogP contribution in [0.1, 0.15) is 55.6 Å². The van der Waals surface area contributed by atoms with Gasteiger partial charge in [0.1, 0.15) is 5.75 Å². The average Bonchev–Trinajstić information content (AvgIpc) is 2.98. The van der Waals surface area contributed by atoms with E-state index in [1.54, 1.807) is 18.2 Å². The molecule has 1 heteroatoms. The van der Waals surface area contributed by atoms with E-state index in [1.165, 1.54) is 44.9 Å². The second kappa shape index (κ2) is 4.90. The molecular weight excluding hydrogens is 256 g/mol. The molecule has 3 aliphatic rings. The van der Waals surface area contributed by atoms with E-state index in [0.717, 1.165) is 23.5 Å². The Balaban J connectivity index is 1.69. The monoisotopic (exact) mass is 282 g/mol. The summed E-state index contributed by atoms with van der Waals surface area (Å²) in [5.41, 5.74) is 3.64. The van der Waals surface area contributed by atoms with Gasteiger partial charge in [0, 0.05) is 0 Å². The molecule has 1 aromatic rings. The second-order valence-electron chi connectivity index (χ2n) is 7.35. The first-order valence-corrected chi connectivity index (χ1v) is 8.58. The van der Waals surface area contributed by atoms with Gasteiger partial charge in [-0.25, -0.2) is 0 Å². The summed E-state index contributed by atoms with van der Waals surface area (Å²) >= 11 is 0. The molecule has 4 atom stereocenters. The van der Waals surface area contributed by atoms with Crippen molar-refractivity contribution in [3.8, 4) is 5.75 Å². The Morgan fingerprint density at radius 3 is 2.95 bits per heavy atom. The fourth-order valence-electron chi connectivity index (χ4n) is 5.75. The van der Waals surface area contributed by atoms with Crippen LogP contribution in [-0.4, -0.2) is 7.11 Å². The van der Waals surface area contributed by atoms with Gasteiger partial charge in [-0.05, 0) is 85.0 Å². The Kier molecular flexibility index (Phi) is 3.13. The Hall–Kier alpha value is -1.24. The summed E-state index contributed by atoms with van der Waals surface area (Å²) in [5, 5.41) is 0. The van der Waals surface area contributed by atoms with Gasteiger partial charge in [-0.3, -0.25) is 0 Å². The fraction of sp³-hybridized carbons (Fsp3) is 0.600. The van der Waals surface area contributed by atoms with Crippen molar-refractivity contribution in [2.75, 3.05) is 7.11 Å². The topological polar surface area (TPSA) is 9.23 Å². The molecule has 0 aliphatic heterocycles. The molecule has 2 saturated carbocycles. The molecule has 2 fully saturated rings. The molecule has 112 valence electrons. The molecule has 0 unspecified atom stereocenters. The maximum atomic E-state index is 5.41. The van der Waals surface area contributed by atoms with Gasteiger partial charge >= 0.3 is 0 Å². The van der Waals surface area contributed by atoms with Gasteiger partial charge in [0.15, 0.2) is 0 Å². The Bertz CT molecular complexity index is 561. The van der Waals surface area contributed by atoms with E-state index in [1.807, 2.05) is 0 Å². The fourth-order valence-corrected chi connectivity index (χ4v) is 5.75. The molecule has 0 saturated heterocycles. The van der Waals surface area contributed by atoms with Crippen molar-refractivity contribution in [3.63, 3.8) is 0 Å². The minimum atomic E-state index is 0.477. The number of hydrogen-bond donors (Lipinski definition) is 0. The third-order valence-corrected chi connectivity index (χ3v) is 6.75.